The average Bonchev–Trinajstić information content (AvgIpc) is 2.38. The van der Waals surface area contributed by atoms with E-state index in [9.17, 15) is 4.79 Å². The number of aryl methyl sites for hydroxylation is 2. The van der Waals surface area contributed by atoms with Crippen molar-refractivity contribution in [2.24, 2.45) is 0 Å². The van der Waals surface area contributed by atoms with Crippen LogP contribution in [-0.2, 0) is 0 Å². The summed E-state index contributed by atoms with van der Waals surface area (Å²) in [6, 6.07) is 12.8. The van der Waals surface area contributed by atoms with Gasteiger partial charge < -0.3 is 9.47 Å². The third-order valence-corrected chi connectivity index (χ3v) is 2.82. The van der Waals surface area contributed by atoms with Crippen LogP contribution in [0, 0.1) is 13.8 Å². The standard InChI is InChI=1S/C16H16O3/c1-11-9-12(2)15(14(10-11)18-3)16(17)19-13-7-5-4-6-8-13/h4-10H,1-3H3. The lowest BCUT2D eigenvalue weighted by Crippen LogP contribution is -2.12. The Bertz CT molecular complexity index is 588. The molecule has 0 spiro atoms. The van der Waals surface area contributed by atoms with Crippen molar-refractivity contribution in [2.75, 3.05) is 7.11 Å². The third kappa shape index (κ3) is 2.94. The lowest BCUT2D eigenvalue weighted by Gasteiger charge is -2.12. The number of hydrogen-bond donors (Lipinski definition) is 0. The molecule has 0 bridgehead atoms. The van der Waals surface area contributed by atoms with Crippen molar-refractivity contribution in [2.45, 2.75) is 13.8 Å². The van der Waals surface area contributed by atoms with Gasteiger partial charge in [0.1, 0.15) is 17.1 Å². The molecule has 0 atom stereocenters. The highest BCUT2D eigenvalue weighted by Crippen LogP contribution is 2.25. The summed E-state index contributed by atoms with van der Waals surface area (Å²) in [7, 11) is 1.55. The number of benzene rings is 2. The number of methoxy groups -OCH3 is 1. The van der Waals surface area contributed by atoms with E-state index in [1.165, 1.54) is 0 Å². The number of ether oxygens (including phenoxy) is 2. The van der Waals surface area contributed by atoms with E-state index in [0.717, 1.165) is 11.1 Å². The van der Waals surface area contributed by atoms with Gasteiger partial charge in [0, 0.05) is 0 Å². The molecular weight excluding hydrogens is 240 g/mol. The fraction of sp³-hybridized carbons (Fsp3) is 0.188. The minimum atomic E-state index is -0.402. The van der Waals surface area contributed by atoms with Crippen LogP contribution in [0.2, 0.25) is 0 Å². The van der Waals surface area contributed by atoms with Crippen molar-refractivity contribution < 1.29 is 14.3 Å². The Hall–Kier alpha value is -2.29. The van der Waals surface area contributed by atoms with Crippen LogP contribution in [0.4, 0.5) is 0 Å². The minimum absolute atomic E-state index is 0.402. The predicted octanol–water partition coefficient (Wildman–Crippen LogP) is 3.53. The van der Waals surface area contributed by atoms with Crippen LogP contribution in [-0.4, -0.2) is 13.1 Å². The lowest BCUT2D eigenvalue weighted by atomic mass is 10.0. The molecule has 0 saturated carbocycles. The van der Waals surface area contributed by atoms with E-state index in [2.05, 4.69) is 0 Å². The van der Waals surface area contributed by atoms with E-state index in [0.29, 0.717) is 17.1 Å². The van der Waals surface area contributed by atoms with Crippen molar-refractivity contribution in [3.05, 3.63) is 59.2 Å². The monoisotopic (exact) mass is 256 g/mol. The second-order valence-corrected chi connectivity index (χ2v) is 4.36. The largest absolute Gasteiger partial charge is 0.496 e. The van der Waals surface area contributed by atoms with Crippen LogP contribution in [0.3, 0.4) is 0 Å². The molecule has 2 aromatic rings. The van der Waals surface area contributed by atoms with Crippen LogP contribution < -0.4 is 9.47 Å². The summed E-state index contributed by atoms with van der Waals surface area (Å²) in [5.41, 5.74) is 2.36. The molecule has 0 aliphatic heterocycles. The highest BCUT2D eigenvalue weighted by molar-refractivity contribution is 5.95. The first kappa shape index (κ1) is 13.1. The van der Waals surface area contributed by atoms with Gasteiger partial charge in [0.15, 0.2) is 0 Å². The molecular formula is C16H16O3. The molecule has 19 heavy (non-hydrogen) atoms. The summed E-state index contributed by atoms with van der Waals surface area (Å²) in [6.07, 6.45) is 0. The van der Waals surface area contributed by atoms with Crippen LogP contribution in [0.5, 0.6) is 11.5 Å². The maximum atomic E-state index is 12.2. The number of para-hydroxylation sites is 1. The summed E-state index contributed by atoms with van der Waals surface area (Å²) in [5, 5.41) is 0. The Morgan fingerprint density at radius 3 is 2.37 bits per heavy atom. The first-order valence-electron chi connectivity index (χ1n) is 6.04. The molecule has 0 amide bonds. The first-order valence-corrected chi connectivity index (χ1v) is 6.04. The third-order valence-electron chi connectivity index (χ3n) is 2.82. The van der Waals surface area contributed by atoms with E-state index in [4.69, 9.17) is 9.47 Å². The Balaban J connectivity index is 2.34. The van der Waals surface area contributed by atoms with Gasteiger partial charge in [0.05, 0.1) is 7.11 Å². The van der Waals surface area contributed by atoms with Gasteiger partial charge in [0.25, 0.3) is 0 Å². The lowest BCUT2D eigenvalue weighted by molar-refractivity contribution is 0.0730. The van der Waals surface area contributed by atoms with Crippen LogP contribution >= 0.6 is 0 Å². The van der Waals surface area contributed by atoms with E-state index in [1.807, 2.05) is 44.2 Å². The molecule has 2 rings (SSSR count). The van der Waals surface area contributed by atoms with Gasteiger partial charge in [0.2, 0.25) is 0 Å². The maximum absolute atomic E-state index is 12.2. The average molecular weight is 256 g/mol. The predicted molar refractivity (Wildman–Crippen MR) is 73.9 cm³/mol. The molecule has 0 fully saturated rings. The van der Waals surface area contributed by atoms with Gasteiger partial charge in [-0.1, -0.05) is 24.3 Å². The second-order valence-electron chi connectivity index (χ2n) is 4.36. The number of carbonyl (C=O) groups is 1. The maximum Gasteiger partial charge on any atom is 0.347 e. The van der Waals surface area contributed by atoms with Gasteiger partial charge in [-0.25, -0.2) is 4.79 Å². The van der Waals surface area contributed by atoms with Crippen molar-refractivity contribution in [1.82, 2.24) is 0 Å². The number of carbonyl (C=O) groups excluding carboxylic acids is 1. The Labute approximate surface area is 112 Å². The van der Waals surface area contributed by atoms with Gasteiger partial charge in [-0.05, 0) is 43.2 Å². The van der Waals surface area contributed by atoms with Crippen molar-refractivity contribution >= 4 is 5.97 Å². The summed E-state index contributed by atoms with van der Waals surface area (Å²) in [5.74, 6) is 0.661. The molecule has 0 heterocycles. The first-order chi connectivity index (χ1) is 9.11. The molecule has 0 aromatic heterocycles. The molecule has 3 heteroatoms. The summed E-state index contributed by atoms with van der Waals surface area (Å²) in [6.45, 7) is 3.83. The highest BCUT2D eigenvalue weighted by Gasteiger charge is 2.18. The number of hydrogen-bond acceptors (Lipinski definition) is 3. The topological polar surface area (TPSA) is 35.5 Å². The highest BCUT2D eigenvalue weighted by atomic mass is 16.5. The summed E-state index contributed by atoms with van der Waals surface area (Å²) >= 11 is 0. The summed E-state index contributed by atoms with van der Waals surface area (Å²) < 4.78 is 10.6. The normalized spacial score (nSPS) is 10.1. The number of rotatable bonds is 3. The Kier molecular flexibility index (Phi) is 3.85. The van der Waals surface area contributed by atoms with Gasteiger partial charge in [-0.15, -0.1) is 0 Å². The smallest absolute Gasteiger partial charge is 0.347 e. The van der Waals surface area contributed by atoms with Gasteiger partial charge in [-0.2, -0.15) is 0 Å². The Morgan fingerprint density at radius 2 is 1.74 bits per heavy atom. The molecule has 0 aliphatic carbocycles. The fourth-order valence-electron chi connectivity index (χ4n) is 2.00. The fourth-order valence-corrected chi connectivity index (χ4v) is 2.00. The minimum Gasteiger partial charge on any atom is -0.496 e. The van der Waals surface area contributed by atoms with Gasteiger partial charge >= 0.3 is 5.97 Å². The molecule has 98 valence electrons. The zero-order valence-electron chi connectivity index (χ0n) is 11.3. The van der Waals surface area contributed by atoms with Crippen LogP contribution in [0.15, 0.2) is 42.5 Å². The second kappa shape index (κ2) is 5.57. The van der Waals surface area contributed by atoms with E-state index in [1.54, 1.807) is 19.2 Å². The van der Waals surface area contributed by atoms with E-state index < -0.39 is 5.97 Å². The van der Waals surface area contributed by atoms with Crippen LogP contribution in [0.1, 0.15) is 21.5 Å². The zero-order chi connectivity index (χ0) is 13.8. The zero-order valence-corrected chi connectivity index (χ0v) is 11.3. The molecule has 0 saturated heterocycles. The van der Waals surface area contributed by atoms with Crippen LogP contribution in [0.25, 0.3) is 0 Å². The molecule has 0 N–H and O–H groups in total. The number of esters is 1. The molecule has 0 aliphatic rings. The summed E-state index contributed by atoms with van der Waals surface area (Å²) in [4.78, 5) is 12.2. The van der Waals surface area contributed by atoms with Crippen molar-refractivity contribution in [3.8, 4) is 11.5 Å². The van der Waals surface area contributed by atoms with Crippen molar-refractivity contribution in [3.63, 3.8) is 0 Å². The van der Waals surface area contributed by atoms with Crippen molar-refractivity contribution in [1.29, 1.82) is 0 Å². The molecule has 3 nitrogen and oxygen atoms in total. The molecule has 2 aromatic carbocycles. The molecule has 0 unspecified atom stereocenters. The molecule has 0 radical (unpaired) electrons. The quantitative estimate of drug-likeness (QED) is 0.622. The van der Waals surface area contributed by atoms with E-state index >= 15 is 0 Å². The van der Waals surface area contributed by atoms with E-state index in [-0.39, 0.29) is 0 Å². The SMILES string of the molecule is COc1cc(C)cc(C)c1C(=O)Oc1ccccc1. The Morgan fingerprint density at radius 1 is 1.05 bits per heavy atom. The van der Waals surface area contributed by atoms with Gasteiger partial charge in [-0.3, -0.25) is 0 Å².